The first kappa shape index (κ1) is 22.3. The summed E-state index contributed by atoms with van der Waals surface area (Å²) in [4.78, 5) is 4.09. The lowest BCUT2D eigenvalue weighted by Gasteiger charge is -2.14. The second-order valence-electron chi connectivity index (χ2n) is 6.36. The highest BCUT2D eigenvalue weighted by molar-refractivity contribution is 5.79. The maximum atomic E-state index is 12.7. The van der Waals surface area contributed by atoms with Crippen LogP contribution in [0.1, 0.15) is 24.8 Å². The Morgan fingerprint density at radius 1 is 1.25 bits per heavy atom. The molecule has 1 aliphatic rings. The molecule has 1 aliphatic heterocycles. The van der Waals surface area contributed by atoms with Crippen molar-refractivity contribution in [1.29, 1.82) is 0 Å². The smallest absolute Gasteiger partial charge is 0.416 e. The Morgan fingerprint density at radius 3 is 2.79 bits per heavy atom. The van der Waals surface area contributed by atoms with Crippen molar-refractivity contribution in [3.8, 4) is 5.75 Å². The lowest BCUT2D eigenvalue weighted by Crippen LogP contribution is -2.40. The average Bonchev–Trinajstić information content (AvgIpc) is 3.19. The van der Waals surface area contributed by atoms with Crippen LogP contribution in [0.3, 0.4) is 0 Å². The fraction of sp³-hybridized carbons (Fsp3) is 0.632. The molecule has 1 fully saturated rings. The number of hydrogen-bond donors (Lipinski definition) is 2. The number of halogens is 3. The first-order chi connectivity index (χ1) is 13.5. The Balaban J connectivity index is 1.54. The largest absolute Gasteiger partial charge is 0.492 e. The predicted octanol–water partition coefficient (Wildman–Crippen LogP) is 2.83. The molecular formula is C19H28F3N3O3. The van der Waals surface area contributed by atoms with Crippen LogP contribution in [-0.2, 0) is 15.7 Å². The molecule has 0 saturated carbocycles. The maximum absolute atomic E-state index is 12.7. The van der Waals surface area contributed by atoms with Crippen LogP contribution in [0.4, 0.5) is 13.2 Å². The lowest BCUT2D eigenvalue weighted by atomic mass is 10.2. The number of hydrogen-bond acceptors (Lipinski definition) is 4. The monoisotopic (exact) mass is 403 g/mol. The topological polar surface area (TPSA) is 64.1 Å². The minimum atomic E-state index is -4.38. The van der Waals surface area contributed by atoms with Gasteiger partial charge in [0.1, 0.15) is 12.4 Å². The summed E-state index contributed by atoms with van der Waals surface area (Å²) in [6, 6.07) is 4.83. The van der Waals surface area contributed by atoms with Gasteiger partial charge in [-0.15, -0.1) is 0 Å². The van der Waals surface area contributed by atoms with Crippen molar-refractivity contribution in [2.24, 2.45) is 4.99 Å². The molecule has 0 spiro atoms. The summed E-state index contributed by atoms with van der Waals surface area (Å²) in [5, 5.41) is 6.20. The van der Waals surface area contributed by atoms with Crippen LogP contribution in [0.5, 0.6) is 5.75 Å². The molecule has 0 aromatic heterocycles. The number of nitrogens with zero attached hydrogens (tertiary/aromatic N) is 1. The van der Waals surface area contributed by atoms with E-state index in [-0.39, 0.29) is 18.5 Å². The molecule has 1 saturated heterocycles. The predicted molar refractivity (Wildman–Crippen MR) is 101 cm³/mol. The number of aliphatic imine (C=N–C) groups is 1. The zero-order valence-electron chi connectivity index (χ0n) is 16.1. The molecule has 28 heavy (non-hydrogen) atoms. The molecule has 6 nitrogen and oxygen atoms in total. The van der Waals surface area contributed by atoms with Gasteiger partial charge in [0.15, 0.2) is 5.96 Å². The first-order valence-corrected chi connectivity index (χ1v) is 9.43. The van der Waals surface area contributed by atoms with Crippen molar-refractivity contribution in [3.05, 3.63) is 29.8 Å². The van der Waals surface area contributed by atoms with Crippen LogP contribution in [0, 0.1) is 0 Å². The molecule has 1 aromatic rings. The number of rotatable bonds is 10. The van der Waals surface area contributed by atoms with Crippen LogP contribution in [-0.4, -0.2) is 58.6 Å². The molecule has 1 aromatic carbocycles. The van der Waals surface area contributed by atoms with Crippen LogP contribution in [0.2, 0.25) is 0 Å². The van der Waals surface area contributed by atoms with Gasteiger partial charge in [0.2, 0.25) is 0 Å². The fourth-order valence-electron chi connectivity index (χ4n) is 2.69. The second kappa shape index (κ2) is 11.8. The van der Waals surface area contributed by atoms with Crippen molar-refractivity contribution in [2.75, 3.05) is 46.6 Å². The Labute approximate surface area is 163 Å². The molecule has 2 rings (SSSR count). The molecule has 0 radical (unpaired) electrons. The molecule has 0 aliphatic carbocycles. The van der Waals surface area contributed by atoms with E-state index in [1.807, 2.05) is 0 Å². The van der Waals surface area contributed by atoms with Gasteiger partial charge in [0.05, 0.1) is 24.8 Å². The summed E-state index contributed by atoms with van der Waals surface area (Å²) in [6.07, 6.45) is -1.14. The summed E-state index contributed by atoms with van der Waals surface area (Å²) < 4.78 is 54.5. The molecule has 1 heterocycles. The van der Waals surface area contributed by atoms with E-state index in [9.17, 15) is 13.2 Å². The SMILES string of the molecule is CN=C(NCCCOCC1CCCO1)NCCOc1cccc(C(F)(F)F)c1. The van der Waals surface area contributed by atoms with Crippen molar-refractivity contribution in [2.45, 2.75) is 31.5 Å². The molecule has 9 heteroatoms. The standard InChI is InChI=1S/C19H28F3N3O3/c1-23-18(24-8-4-10-26-14-17-7-3-11-27-17)25-9-12-28-16-6-2-5-15(13-16)19(20,21)22/h2,5-6,13,17H,3-4,7-12,14H2,1H3,(H2,23,24,25). The third-order valence-corrected chi connectivity index (χ3v) is 4.13. The molecule has 1 unspecified atom stereocenters. The van der Waals surface area contributed by atoms with E-state index in [1.165, 1.54) is 12.1 Å². The molecular weight excluding hydrogens is 375 g/mol. The van der Waals surface area contributed by atoms with Gasteiger partial charge in [0, 0.05) is 26.8 Å². The normalized spacial score (nSPS) is 17.6. The van der Waals surface area contributed by atoms with E-state index >= 15 is 0 Å². The number of ether oxygens (including phenoxy) is 3. The summed E-state index contributed by atoms with van der Waals surface area (Å²) in [5.41, 5.74) is -0.725. The van der Waals surface area contributed by atoms with Crippen molar-refractivity contribution < 1.29 is 27.4 Å². The second-order valence-corrected chi connectivity index (χ2v) is 6.36. The van der Waals surface area contributed by atoms with Crippen LogP contribution < -0.4 is 15.4 Å². The average molecular weight is 403 g/mol. The fourth-order valence-corrected chi connectivity index (χ4v) is 2.69. The quantitative estimate of drug-likeness (QED) is 0.357. The lowest BCUT2D eigenvalue weighted by molar-refractivity contribution is -0.137. The molecule has 0 amide bonds. The number of alkyl halides is 3. The zero-order valence-corrected chi connectivity index (χ0v) is 16.1. The summed E-state index contributed by atoms with van der Waals surface area (Å²) >= 11 is 0. The highest BCUT2D eigenvalue weighted by Gasteiger charge is 2.30. The minimum absolute atomic E-state index is 0.183. The van der Waals surface area contributed by atoms with Gasteiger partial charge < -0.3 is 24.8 Å². The van der Waals surface area contributed by atoms with Gasteiger partial charge >= 0.3 is 6.18 Å². The first-order valence-electron chi connectivity index (χ1n) is 9.43. The minimum Gasteiger partial charge on any atom is -0.492 e. The van der Waals surface area contributed by atoms with E-state index in [0.29, 0.717) is 32.3 Å². The van der Waals surface area contributed by atoms with E-state index in [2.05, 4.69) is 15.6 Å². The van der Waals surface area contributed by atoms with Gasteiger partial charge in [-0.1, -0.05) is 6.07 Å². The molecule has 2 N–H and O–H groups in total. The molecule has 1 atom stereocenters. The highest BCUT2D eigenvalue weighted by Crippen LogP contribution is 2.31. The maximum Gasteiger partial charge on any atom is 0.416 e. The van der Waals surface area contributed by atoms with E-state index in [4.69, 9.17) is 14.2 Å². The number of nitrogens with one attached hydrogen (secondary N) is 2. The summed E-state index contributed by atoms with van der Waals surface area (Å²) in [5.74, 6) is 0.787. The number of guanidine groups is 1. The van der Waals surface area contributed by atoms with Crippen molar-refractivity contribution >= 4 is 5.96 Å². The Morgan fingerprint density at radius 2 is 2.07 bits per heavy atom. The van der Waals surface area contributed by atoms with Crippen molar-refractivity contribution in [1.82, 2.24) is 10.6 Å². The van der Waals surface area contributed by atoms with Crippen LogP contribution in [0.15, 0.2) is 29.3 Å². The third-order valence-electron chi connectivity index (χ3n) is 4.13. The number of benzene rings is 1. The zero-order chi connectivity index (χ0) is 20.2. The van der Waals surface area contributed by atoms with E-state index < -0.39 is 11.7 Å². The Bertz CT molecular complexity index is 606. The van der Waals surface area contributed by atoms with E-state index in [1.54, 1.807) is 7.05 Å². The third kappa shape index (κ3) is 8.35. The van der Waals surface area contributed by atoms with Crippen LogP contribution in [0.25, 0.3) is 0 Å². The molecule has 0 bridgehead atoms. The Hall–Kier alpha value is -2.00. The van der Waals surface area contributed by atoms with E-state index in [0.717, 1.165) is 38.0 Å². The van der Waals surface area contributed by atoms with Crippen LogP contribution >= 0.6 is 0 Å². The van der Waals surface area contributed by atoms with Gasteiger partial charge in [0.25, 0.3) is 0 Å². The summed E-state index contributed by atoms with van der Waals surface area (Å²) in [6.45, 7) is 3.43. The van der Waals surface area contributed by atoms with Crippen molar-refractivity contribution in [3.63, 3.8) is 0 Å². The highest BCUT2D eigenvalue weighted by atomic mass is 19.4. The van der Waals surface area contributed by atoms with Gasteiger partial charge in [-0.3, -0.25) is 4.99 Å². The Kier molecular flexibility index (Phi) is 9.36. The molecule has 158 valence electrons. The van der Waals surface area contributed by atoms with Gasteiger partial charge in [-0.25, -0.2) is 0 Å². The van der Waals surface area contributed by atoms with Gasteiger partial charge in [-0.05, 0) is 37.5 Å². The summed E-state index contributed by atoms with van der Waals surface area (Å²) in [7, 11) is 1.65. The van der Waals surface area contributed by atoms with Gasteiger partial charge in [-0.2, -0.15) is 13.2 Å².